The Morgan fingerprint density at radius 3 is 2.39 bits per heavy atom. The Labute approximate surface area is 192 Å². The van der Waals surface area contributed by atoms with E-state index in [-0.39, 0.29) is 18.4 Å². The van der Waals surface area contributed by atoms with Crippen LogP contribution in [-0.2, 0) is 4.79 Å². The summed E-state index contributed by atoms with van der Waals surface area (Å²) in [6.07, 6.45) is -4.85. The number of benzene rings is 1. The monoisotopic (exact) mass is 482 g/mol. The standard InChI is InChI=1S/C19H25Cl2F3N4O.C2H6/c20-15-3-2-14(12-16(15)21)27-8-10-28(11-9-27)18(29)17-13-26(7-5-25-17)6-1-4-19(22,23)24;1-2/h2-3,12,17,25H,1,4-11,13H2;1-2H3/t17-;/m1./s1. The molecule has 0 spiro atoms. The molecule has 2 heterocycles. The summed E-state index contributed by atoms with van der Waals surface area (Å²) in [5.41, 5.74) is 0.970. The van der Waals surface area contributed by atoms with Gasteiger partial charge in [-0.25, -0.2) is 0 Å². The number of nitrogens with zero attached hydrogens (tertiary/aromatic N) is 3. The largest absolute Gasteiger partial charge is 0.389 e. The lowest BCUT2D eigenvalue weighted by atomic mass is 10.1. The molecule has 10 heteroatoms. The van der Waals surface area contributed by atoms with Crippen LogP contribution in [0.5, 0.6) is 0 Å². The summed E-state index contributed by atoms with van der Waals surface area (Å²) in [7, 11) is 0. The zero-order valence-electron chi connectivity index (χ0n) is 18.0. The van der Waals surface area contributed by atoms with Crippen LogP contribution < -0.4 is 10.2 Å². The number of carbonyl (C=O) groups is 1. The minimum Gasteiger partial charge on any atom is -0.368 e. The SMILES string of the molecule is CC.O=C([C@H]1CN(CCCC(F)(F)F)CCN1)N1CCN(c2ccc(Cl)c(Cl)c2)CC1. The number of alkyl halides is 3. The third-order valence-electron chi connectivity index (χ3n) is 5.35. The van der Waals surface area contributed by atoms with Gasteiger partial charge in [-0.3, -0.25) is 9.69 Å². The molecule has 5 nitrogen and oxygen atoms in total. The minimum absolute atomic E-state index is 0.0132. The first-order valence-electron chi connectivity index (χ1n) is 10.7. The lowest BCUT2D eigenvalue weighted by Gasteiger charge is -2.40. The first-order chi connectivity index (χ1) is 14.7. The van der Waals surface area contributed by atoms with Crippen molar-refractivity contribution in [2.75, 3.05) is 57.3 Å². The molecule has 31 heavy (non-hydrogen) atoms. The fourth-order valence-electron chi connectivity index (χ4n) is 3.77. The van der Waals surface area contributed by atoms with Crippen LogP contribution in [0, 0.1) is 0 Å². The highest BCUT2D eigenvalue weighted by Crippen LogP contribution is 2.28. The molecule has 1 N–H and O–H groups in total. The number of piperazine rings is 2. The van der Waals surface area contributed by atoms with Gasteiger partial charge in [0.05, 0.1) is 16.1 Å². The lowest BCUT2D eigenvalue weighted by molar-refractivity contribution is -0.138. The number of halogens is 5. The van der Waals surface area contributed by atoms with E-state index in [0.717, 1.165) is 5.69 Å². The Bertz CT molecular complexity index is 712. The van der Waals surface area contributed by atoms with Crippen molar-refractivity contribution in [3.05, 3.63) is 28.2 Å². The van der Waals surface area contributed by atoms with Gasteiger partial charge < -0.3 is 15.1 Å². The van der Waals surface area contributed by atoms with E-state index in [1.54, 1.807) is 6.07 Å². The van der Waals surface area contributed by atoms with Crippen LogP contribution in [0.2, 0.25) is 10.0 Å². The van der Waals surface area contributed by atoms with E-state index in [1.807, 2.05) is 35.8 Å². The Kier molecular flexibility index (Phi) is 10.2. The summed E-state index contributed by atoms with van der Waals surface area (Å²) in [5, 5.41) is 4.22. The molecule has 2 fully saturated rings. The zero-order chi connectivity index (χ0) is 23.0. The van der Waals surface area contributed by atoms with Crippen molar-refractivity contribution in [1.82, 2.24) is 15.1 Å². The molecule has 1 amide bonds. The van der Waals surface area contributed by atoms with Crippen LogP contribution in [0.15, 0.2) is 18.2 Å². The fraction of sp³-hybridized carbons (Fsp3) is 0.667. The summed E-state index contributed by atoms with van der Waals surface area (Å²) in [6, 6.07) is 5.12. The van der Waals surface area contributed by atoms with Crippen LogP contribution in [0.25, 0.3) is 0 Å². The molecular formula is C21H31Cl2F3N4O. The van der Waals surface area contributed by atoms with E-state index in [2.05, 4.69) is 10.2 Å². The highest BCUT2D eigenvalue weighted by molar-refractivity contribution is 6.42. The van der Waals surface area contributed by atoms with Crippen molar-refractivity contribution in [2.24, 2.45) is 0 Å². The van der Waals surface area contributed by atoms with Crippen molar-refractivity contribution in [1.29, 1.82) is 0 Å². The normalized spacial score (nSPS) is 20.3. The Hall–Kier alpha value is -1.22. The van der Waals surface area contributed by atoms with E-state index in [9.17, 15) is 18.0 Å². The van der Waals surface area contributed by atoms with Crippen LogP contribution in [0.3, 0.4) is 0 Å². The topological polar surface area (TPSA) is 38.8 Å². The molecule has 176 valence electrons. The molecular weight excluding hydrogens is 452 g/mol. The Morgan fingerprint density at radius 2 is 1.77 bits per heavy atom. The van der Waals surface area contributed by atoms with Crippen LogP contribution in [-0.4, -0.2) is 80.3 Å². The summed E-state index contributed by atoms with van der Waals surface area (Å²) >= 11 is 12.1. The van der Waals surface area contributed by atoms with Crippen molar-refractivity contribution in [3.8, 4) is 0 Å². The average Bonchev–Trinajstić information content (AvgIpc) is 2.76. The quantitative estimate of drug-likeness (QED) is 0.679. The second-order valence-electron chi connectivity index (χ2n) is 7.44. The highest BCUT2D eigenvalue weighted by Gasteiger charge is 2.32. The zero-order valence-corrected chi connectivity index (χ0v) is 19.5. The number of anilines is 1. The van der Waals surface area contributed by atoms with E-state index in [0.29, 0.717) is 62.4 Å². The maximum Gasteiger partial charge on any atom is 0.389 e. The van der Waals surface area contributed by atoms with E-state index < -0.39 is 12.6 Å². The van der Waals surface area contributed by atoms with Gasteiger partial charge in [-0.05, 0) is 31.2 Å². The van der Waals surface area contributed by atoms with E-state index in [4.69, 9.17) is 23.2 Å². The average molecular weight is 483 g/mol. The first-order valence-corrected chi connectivity index (χ1v) is 11.5. The molecule has 0 radical (unpaired) electrons. The first kappa shape index (κ1) is 26.0. The van der Waals surface area contributed by atoms with Crippen molar-refractivity contribution in [2.45, 2.75) is 38.9 Å². The second kappa shape index (κ2) is 12.1. The van der Waals surface area contributed by atoms with E-state index in [1.165, 1.54) is 0 Å². The molecule has 0 aromatic heterocycles. The molecule has 1 aromatic rings. The predicted molar refractivity (Wildman–Crippen MR) is 120 cm³/mol. The number of carbonyl (C=O) groups excluding carboxylic acids is 1. The van der Waals surface area contributed by atoms with Gasteiger partial charge in [0.1, 0.15) is 0 Å². The third-order valence-corrected chi connectivity index (χ3v) is 6.09. The smallest absolute Gasteiger partial charge is 0.368 e. The molecule has 0 aliphatic carbocycles. The van der Waals surface area contributed by atoms with Crippen LogP contribution in [0.4, 0.5) is 18.9 Å². The summed E-state index contributed by atoms with van der Waals surface area (Å²) in [5.74, 6) is 0.0132. The summed E-state index contributed by atoms with van der Waals surface area (Å²) in [6.45, 7) is 8.62. The molecule has 1 atom stereocenters. The third kappa shape index (κ3) is 8.00. The van der Waals surface area contributed by atoms with Crippen molar-refractivity contribution >= 4 is 34.8 Å². The maximum atomic E-state index is 12.9. The number of nitrogens with one attached hydrogen (secondary N) is 1. The Balaban J connectivity index is 0.00000166. The molecule has 2 aliphatic heterocycles. The van der Waals surface area contributed by atoms with Gasteiger partial charge in [0, 0.05) is 57.9 Å². The number of hydrogen-bond donors (Lipinski definition) is 1. The molecule has 0 bridgehead atoms. The molecule has 0 unspecified atom stereocenters. The number of rotatable bonds is 5. The van der Waals surface area contributed by atoms with Gasteiger partial charge in [-0.1, -0.05) is 37.0 Å². The van der Waals surface area contributed by atoms with Gasteiger partial charge in [0.2, 0.25) is 5.91 Å². The van der Waals surface area contributed by atoms with Gasteiger partial charge in [0.15, 0.2) is 0 Å². The minimum atomic E-state index is -4.13. The van der Waals surface area contributed by atoms with E-state index >= 15 is 0 Å². The van der Waals surface area contributed by atoms with Crippen molar-refractivity contribution < 1.29 is 18.0 Å². The maximum absolute atomic E-state index is 12.9. The lowest BCUT2D eigenvalue weighted by Crippen LogP contribution is -2.60. The predicted octanol–water partition coefficient (Wildman–Crippen LogP) is 4.28. The molecule has 1 aromatic carbocycles. The van der Waals surface area contributed by atoms with Crippen molar-refractivity contribution in [3.63, 3.8) is 0 Å². The van der Waals surface area contributed by atoms with Crippen LogP contribution >= 0.6 is 23.2 Å². The van der Waals surface area contributed by atoms with Gasteiger partial charge in [-0.15, -0.1) is 0 Å². The summed E-state index contributed by atoms with van der Waals surface area (Å²) in [4.78, 5) is 18.8. The van der Waals surface area contributed by atoms with Gasteiger partial charge >= 0.3 is 6.18 Å². The van der Waals surface area contributed by atoms with Gasteiger partial charge in [-0.2, -0.15) is 13.2 Å². The Morgan fingerprint density at radius 1 is 1.10 bits per heavy atom. The summed E-state index contributed by atoms with van der Waals surface area (Å²) < 4.78 is 37.0. The highest BCUT2D eigenvalue weighted by atomic mass is 35.5. The fourth-order valence-corrected chi connectivity index (χ4v) is 4.06. The number of amides is 1. The molecule has 0 saturated carbocycles. The number of hydrogen-bond acceptors (Lipinski definition) is 4. The van der Waals surface area contributed by atoms with Gasteiger partial charge in [0.25, 0.3) is 0 Å². The molecule has 2 aliphatic rings. The second-order valence-corrected chi connectivity index (χ2v) is 8.25. The molecule has 2 saturated heterocycles. The van der Waals surface area contributed by atoms with Crippen LogP contribution in [0.1, 0.15) is 26.7 Å². The molecule has 3 rings (SSSR count).